The number of aromatic nitrogens is 1. The topological polar surface area (TPSA) is 80.2 Å². The molecule has 0 unspecified atom stereocenters. The molecule has 118 valence electrons. The highest BCUT2D eigenvalue weighted by atomic mass is 32.2. The molecular formula is C14H23N3O3S. The summed E-state index contributed by atoms with van der Waals surface area (Å²) in [7, 11) is -2.96. The van der Waals surface area contributed by atoms with Gasteiger partial charge in [0.15, 0.2) is 0 Å². The van der Waals surface area contributed by atoms with Crippen LogP contribution in [0.1, 0.15) is 35.8 Å². The van der Waals surface area contributed by atoms with E-state index >= 15 is 0 Å². The maximum atomic E-state index is 12.2. The highest BCUT2D eigenvalue weighted by Crippen LogP contribution is 2.21. The second kappa shape index (κ2) is 7.09. The van der Waals surface area contributed by atoms with Gasteiger partial charge in [0, 0.05) is 25.0 Å². The highest BCUT2D eigenvalue weighted by Gasteiger charge is 2.19. The number of carbonyl (C=O) groups is 1. The van der Waals surface area contributed by atoms with Gasteiger partial charge >= 0.3 is 0 Å². The van der Waals surface area contributed by atoms with Gasteiger partial charge in [0.2, 0.25) is 0 Å². The van der Waals surface area contributed by atoms with Crippen molar-refractivity contribution in [1.29, 1.82) is 0 Å². The van der Waals surface area contributed by atoms with Crippen LogP contribution in [-0.2, 0) is 9.84 Å². The Bertz CT molecular complexity index is 574. The van der Waals surface area contributed by atoms with Crippen LogP contribution in [0.2, 0.25) is 0 Å². The van der Waals surface area contributed by atoms with E-state index in [1.165, 1.54) is 6.26 Å². The first-order chi connectivity index (χ1) is 9.97. The first kappa shape index (κ1) is 16.0. The molecule has 1 aliphatic rings. The summed E-state index contributed by atoms with van der Waals surface area (Å²) in [6.45, 7) is 2.32. The van der Waals surface area contributed by atoms with Crippen LogP contribution >= 0.6 is 0 Å². The molecule has 0 bridgehead atoms. The van der Waals surface area contributed by atoms with Crippen molar-refractivity contribution in [2.75, 3.05) is 31.6 Å². The van der Waals surface area contributed by atoms with Crippen molar-refractivity contribution in [3.8, 4) is 0 Å². The van der Waals surface area contributed by atoms with Crippen LogP contribution in [0, 0.1) is 0 Å². The van der Waals surface area contributed by atoms with E-state index in [0.29, 0.717) is 24.7 Å². The smallest absolute Gasteiger partial charge is 0.267 e. The summed E-state index contributed by atoms with van der Waals surface area (Å²) >= 11 is 0. The van der Waals surface area contributed by atoms with Crippen LogP contribution in [-0.4, -0.2) is 50.5 Å². The van der Waals surface area contributed by atoms with E-state index in [0.717, 1.165) is 25.9 Å². The molecular weight excluding hydrogens is 290 g/mol. The Balaban J connectivity index is 1.89. The zero-order valence-electron chi connectivity index (χ0n) is 12.3. The molecule has 1 aromatic rings. The molecule has 0 radical (unpaired) electrons. The van der Waals surface area contributed by atoms with Crippen molar-refractivity contribution < 1.29 is 13.2 Å². The molecule has 0 saturated carbocycles. The maximum absolute atomic E-state index is 12.2. The minimum atomic E-state index is -2.96. The first-order valence-corrected chi connectivity index (χ1v) is 9.37. The Hall–Kier alpha value is -1.34. The molecule has 2 N–H and O–H groups in total. The first-order valence-electron chi connectivity index (χ1n) is 7.31. The van der Waals surface area contributed by atoms with E-state index in [2.05, 4.69) is 10.6 Å². The fourth-order valence-electron chi connectivity index (χ4n) is 2.62. The standard InChI is InChI=1S/C14H23N3O3S/c1-21(19,20)11-3-7-16-14(18)13-4-2-10-17(13)12-5-8-15-9-6-12/h2,4,10,12,15H,3,5-9,11H2,1H3,(H,16,18). The molecule has 1 fully saturated rings. The summed E-state index contributed by atoms with van der Waals surface area (Å²) in [5, 5.41) is 6.11. The lowest BCUT2D eigenvalue weighted by Gasteiger charge is -2.25. The van der Waals surface area contributed by atoms with E-state index in [1.807, 2.05) is 22.9 Å². The van der Waals surface area contributed by atoms with Gasteiger partial charge in [0.05, 0.1) is 5.75 Å². The molecule has 0 atom stereocenters. The van der Waals surface area contributed by atoms with Crippen LogP contribution in [0.4, 0.5) is 0 Å². The zero-order valence-corrected chi connectivity index (χ0v) is 13.2. The van der Waals surface area contributed by atoms with E-state index in [9.17, 15) is 13.2 Å². The van der Waals surface area contributed by atoms with Crippen molar-refractivity contribution in [2.45, 2.75) is 25.3 Å². The molecule has 1 saturated heterocycles. The molecule has 7 heteroatoms. The zero-order chi connectivity index (χ0) is 15.3. The predicted octanol–water partition coefficient (Wildman–Crippen LogP) is 0.577. The summed E-state index contributed by atoms with van der Waals surface area (Å²) in [4.78, 5) is 12.2. The van der Waals surface area contributed by atoms with Crippen LogP contribution in [0.5, 0.6) is 0 Å². The second-order valence-electron chi connectivity index (χ2n) is 5.52. The number of nitrogens with one attached hydrogen (secondary N) is 2. The van der Waals surface area contributed by atoms with Gasteiger partial charge in [-0.1, -0.05) is 0 Å². The molecule has 1 aliphatic heterocycles. The van der Waals surface area contributed by atoms with Crippen LogP contribution in [0.15, 0.2) is 18.3 Å². The van der Waals surface area contributed by atoms with Gasteiger partial charge in [-0.05, 0) is 44.5 Å². The SMILES string of the molecule is CS(=O)(=O)CCCNC(=O)c1cccn1C1CCNCC1. The van der Waals surface area contributed by atoms with Gasteiger partial charge in [-0.2, -0.15) is 0 Å². The quantitative estimate of drug-likeness (QED) is 0.753. The summed E-state index contributed by atoms with van der Waals surface area (Å²) in [5.41, 5.74) is 0.654. The van der Waals surface area contributed by atoms with Crippen molar-refractivity contribution in [2.24, 2.45) is 0 Å². The number of hydrogen-bond acceptors (Lipinski definition) is 4. The van der Waals surface area contributed by atoms with E-state index in [1.54, 1.807) is 0 Å². The molecule has 0 spiro atoms. The molecule has 1 amide bonds. The largest absolute Gasteiger partial charge is 0.351 e. The van der Waals surface area contributed by atoms with Crippen LogP contribution < -0.4 is 10.6 Å². The average Bonchev–Trinajstić information content (AvgIpc) is 2.93. The number of carbonyl (C=O) groups excluding carboxylic acids is 1. The van der Waals surface area contributed by atoms with Gasteiger partial charge in [-0.25, -0.2) is 8.42 Å². The molecule has 1 aromatic heterocycles. The number of nitrogens with zero attached hydrogens (tertiary/aromatic N) is 1. The fourth-order valence-corrected chi connectivity index (χ4v) is 3.29. The van der Waals surface area contributed by atoms with E-state index in [-0.39, 0.29) is 11.7 Å². The Morgan fingerprint density at radius 3 is 2.81 bits per heavy atom. The fraction of sp³-hybridized carbons (Fsp3) is 0.643. The van der Waals surface area contributed by atoms with Crippen LogP contribution in [0.3, 0.4) is 0 Å². The summed E-state index contributed by atoms with van der Waals surface area (Å²) < 4.78 is 24.1. The average molecular weight is 313 g/mol. The Labute approximate surface area is 125 Å². The summed E-state index contributed by atoms with van der Waals surface area (Å²) in [6, 6.07) is 4.06. The van der Waals surface area contributed by atoms with Crippen molar-refractivity contribution >= 4 is 15.7 Å². The number of hydrogen-bond donors (Lipinski definition) is 2. The number of rotatable bonds is 6. The lowest BCUT2D eigenvalue weighted by molar-refractivity contribution is 0.0941. The Kier molecular flexibility index (Phi) is 5.41. The summed E-state index contributed by atoms with van der Waals surface area (Å²) in [5.74, 6) is -0.0326. The number of piperidine rings is 1. The summed E-state index contributed by atoms with van der Waals surface area (Å²) in [6.07, 6.45) is 5.63. The molecule has 0 aromatic carbocycles. The predicted molar refractivity (Wildman–Crippen MR) is 82.2 cm³/mol. The normalized spacial score (nSPS) is 16.8. The Morgan fingerprint density at radius 2 is 2.14 bits per heavy atom. The van der Waals surface area contributed by atoms with Gasteiger partial charge < -0.3 is 15.2 Å². The van der Waals surface area contributed by atoms with Gasteiger partial charge in [0.1, 0.15) is 15.5 Å². The third-order valence-electron chi connectivity index (χ3n) is 3.69. The van der Waals surface area contributed by atoms with Crippen LogP contribution in [0.25, 0.3) is 0 Å². The van der Waals surface area contributed by atoms with Gasteiger partial charge in [0.25, 0.3) is 5.91 Å². The van der Waals surface area contributed by atoms with Gasteiger partial charge in [-0.3, -0.25) is 4.79 Å². The monoisotopic (exact) mass is 313 g/mol. The lowest BCUT2D eigenvalue weighted by atomic mass is 10.1. The molecule has 0 aliphatic carbocycles. The maximum Gasteiger partial charge on any atom is 0.267 e. The number of amides is 1. The molecule has 21 heavy (non-hydrogen) atoms. The minimum Gasteiger partial charge on any atom is -0.351 e. The van der Waals surface area contributed by atoms with Gasteiger partial charge in [-0.15, -0.1) is 0 Å². The molecule has 2 heterocycles. The molecule has 6 nitrogen and oxygen atoms in total. The van der Waals surface area contributed by atoms with Crippen molar-refractivity contribution in [3.63, 3.8) is 0 Å². The van der Waals surface area contributed by atoms with E-state index < -0.39 is 9.84 Å². The third kappa shape index (κ3) is 4.86. The molecule has 2 rings (SSSR count). The highest BCUT2D eigenvalue weighted by molar-refractivity contribution is 7.90. The van der Waals surface area contributed by atoms with Crippen molar-refractivity contribution in [3.05, 3.63) is 24.0 Å². The van der Waals surface area contributed by atoms with E-state index in [4.69, 9.17) is 0 Å². The Morgan fingerprint density at radius 1 is 1.43 bits per heavy atom. The minimum absolute atomic E-state index is 0.0998. The third-order valence-corrected chi connectivity index (χ3v) is 4.72. The lowest BCUT2D eigenvalue weighted by Crippen LogP contribution is -2.33. The van der Waals surface area contributed by atoms with Crippen molar-refractivity contribution in [1.82, 2.24) is 15.2 Å². The number of sulfone groups is 1. The second-order valence-corrected chi connectivity index (χ2v) is 7.78.